The standard InChI is InChI=1S/C24H28N6O3S/c1-16-12-19-14-21(8-9-22(19)26-16)33-23-10-11-25-24(28-23)27-20-7-5-6-18(13-20)15-34(31,32)29-17(2)30(3)4/h5-14,17,26,29H,15H2,1-4H3,(H,25,27,28). The number of hydrogen-bond donors (Lipinski definition) is 3. The van der Waals surface area contributed by atoms with Gasteiger partial charge < -0.3 is 15.0 Å². The summed E-state index contributed by atoms with van der Waals surface area (Å²) in [7, 11) is 0.132. The molecule has 0 bridgehead atoms. The van der Waals surface area contributed by atoms with E-state index in [1.165, 1.54) is 0 Å². The van der Waals surface area contributed by atoms with Crippen LogP contribution in [0.4, 0.5) is 11.6 Å². The van der Waals surface area contributed by atoms with Crippen LogP contribution in [0.1, 0.15) is 18.2 Å². The normalized spacial score (nSPS) is 12.7. The molecular weight excluding hydrogens is 452 g/mol. The maximum atomic E-state index is 12.5. The summed E-state index contributed by atoms with van der Waals surface area (Å²) in [6, 6.07) is 16.7. The molecule has 1 unspecified atom stereocenters. The molecule has 0 aliphatic heterocycles. The molecule has 1 atom stereocenters. The minimum Gasteiger partial charge on any atom is -0.439 e. The molecule has 34 heavy (non-hydrogen) atoms. The average molecular weight is 481 g/mol. The number of benzene rings is 2. The van der Waals surface area contributed by atoms with Crippen molar-refractivity contribution in [2.24, 2.45) is 0 Å². The highest BCUT2D eigenvalue weighted by molar-refractivity contribution is 7.88. The Morgan fingerprint density at radius 3 is 2.74 bits per heavy atom. The predicted molar refractivity (Wildman–Crippen MR) is 134 cm³/mol. The Bertz CT molecular complexity index is 1400. The van der Waals surface area contributed by atoms with E-state index in [-0.39, 0.29) is 11.9 Å². The Morgan fingerprint density at radius 2 is 1.94 bits per heavy atom. The molecule has 4 aromatic rings. The van der Waals surface area contributed by atoms with Gasteiger partial charge in [0.25, 0.3) is 0 Å². The molecule has 2 aromatic carbocycles. The molecule has 4 rings (SSSR count). The van der Waals surface area contributed by atoms with Gasteiger partial charge in [0.2, 0.25) is 21.9 Å². The molecule has 0 aliphatic carbocycles. The van der Waals surface area contributed by atoms with Gasteiger partial charge in [0.1, 0.15) is 5.75 Å². The minimum absolute atomic E-state index is 0.133. The van der Waals surface area contributed by atoms with Crippen LogP contribution in [-0.4, -0.2) is 48.5 Å². The summed E-state index contributed by atoms with van der Waals surface area (Å²) in [5.74, 6) is 1.27. The lowest BCUT2D eigenvalue weighted by molar-refractivity contribution is 0.298. The van der Waals surface area contributed by atoms with Gasteiger partial charge in [0.05, 0.1) is 11.9 Å². The van der Waals surface area contributed by atoms with Crippen molar-refractivity contribution >= 4 is 32.6 Å². The Labute approximate surface area is 199 Å². The van der Waals surface area contributed by atoms with Gasteiger partial charge in [-0.25, -0.2) is 13.4 Å². The monoisotopic (exact) mass is 480 g/mol. The fourth-order valence-electron chi connectivity index (χ4n) is 3.39. The molecule has 0 radical (unpaired) electrons. The zero-order valence-electron chi connectivity index (χ0n) is 19.5. The van der Waals surface area contributed by atoms with Crippen molar-refractivity contribution in [1.82, 2.24) is 24.6 Å². The van der Waals surface area contributed by atoms with Gasteiger partial charge in [-0.3, -0.25) is 4.90 Å². The Morgan fingerprint density at radius 1 is 1.12 bits per heavy atom. The van der Waals surface area contributed by atoms with Gasteiger partial charge in [-0.05, 0) is 69.9 Å². The van der Waals surface area contributed by atoms with Crippen molar-refractivity contribution in [2.75, 3.05) is 19.4 Å². The molecule has 0 fully saturated rings. The fourth-order valence-corrected chi connectivity index (χ4v) is 4.83. The number of ether oxygens (including phenoxy) is 1. The van der Waals surface area contributed by atoms with Gasteiger partial charge in [-0.1, -0.05) is 12.1 Å². The lowest BCUT2D eigenvalue weighted by Crippen LogP contribution is -2.42. The molecule has 2 heterocycles. The lowest BCUT2D eigenvalue weighted by Gasteiger charge is -2.21. The SMILES string of the molecule is Cc1cc2cc(Oc3ccnc(Nc4cccc(CS(=O)(=O)NC(C)N(C)C)c4)n3)ccc2[nH]1. The highest BCUT2D eigenvalue weighted by atomic mass is 32.2. The summed E-state index contributed by atoms with van der Waals surface area (Å²) in [6.07, 6.45) is 1.30. The molecular formula is C24H28N6O3S. The molecule has 178 valence electrons. The summed E-state index contributed by atoms with van der Waals surface area (Å²) in [4.78, 5) is 13.7. The first kappa shape index (κ1) is 23.7. The molecule has 2 aromatic heterocycles. The molecule has 10 heteroatoms. The molecule has 3 N–H and O–H groups in total. The van der Waals surface area contributed by atoms with Crippen molar-refractivity contribution in [3.05, 3.63) is 72.1 Å². The number of nitrogens with one attached hydrogen (secondary N) is 3. The minimum atomic E-state index is -3.50. The molecule has 0 amide bonds. The summed E-state index contributed by atoms with van der Waals surface area (Å²) in [6.45, 7) is 3.80. The van der Waals surface area contributed by atoms with Crippen molar-refractivity contribution in [3.63, 3.8) is 0 Å². The van der Waals surface area contributed by atoms with Crippen LogP contribution in [0.5, 0.6) is 11.6 Å². The van der Waals surface area contributed by atoms with Crippen LogP contribution in [0, 0.1) is 6.92 Å². The maximum absolute atomic E-state index is 12.5. The molecule has 0 spiro atoms. The van der Waals surface area contributed by atoms with Crippen LogP contribution in [-0.2, 0) is 15.8 Å². The predicted octanol–water partition coefficient (Wildman–Crippen LogP) is 4.13. The van der Waals surface area contributed by atoms with Crippen LogP contribution >= 0.6 is 0 Å². The van der Waals surface area contributed by atoms with Gasteiger partial charge in [-0.15, -0.1) is 0 Å². The smallest absolute Gasteiger partial charge is 0.230 e. The summed E-state index contributed by atoms with van der Waals surface area (Å²) in [5, 5.41) is 4.18. The molecule has 0 saturated carbocycles. The first-order valence-corrected chi connectivity index (χ1v) is 12.4. The summed E-state index contributed by atoms with van der Waals surface area (Å²) < 4.78 is 33.5. The number of H-pyrrole nitrogens is 1. The lowest BCUT2D eigenvalue weighted by atomic mass is 10.2. The Hall–Kier alpha value is -3.47. The third-order valence-electron chi connectivity index (χ3n) is 5.24. The Balaban J connectivity index is 1.45. The molecule has 0 saturated heterocycles. The molecule has 9 nitrogen and oxygen atoms in total. The van der Waals surface area contributed by atoms with Crippen LogP contribution in [0.2, 0.25) is 0 Å². The quantitative estimate of drug-likeness (QED) is 0.309. The van der Waals surface area contributed by atoms with E-state index in [1.807, 2.05) is 45.3 Å². The van der Waals surface area contributed by atoms with Crippen LogP contribution in [0.15, 0.2) is 60.8 Å². The summed E-state index contributed by atoms with van der Waals surface area (Å²) in [5.41, 5.74) is 3.45. The number of anilines is 2. The van der Waals surface area contributed by atoms with Crippen LogP contribution in [0.3, 0.4) is 0 Å². The van der Waals surface area contributed by atoms with Crippen LogP contribution < -0.4 is 14.8 Å². The number of nitrogens with zero attached hydrogens (tertiary/aromatic N) is 3. The van der Waals surface area contributed by atoms with E-state index in [4.69, 9.17) is 4.74 Å². The number of aryl methyl sites for hydroxylation is 1. The van der Waals surface area contributed by atoms with E-state index in [9.17, 15) is 8.42 Å². The second kappa shape index (κ2) is 9.80. The Kier molecular flexibility index (Phi) is 6.82. The maximum Gasteiger partial charge on any atom is 0.230 e. The topological polar surface area (TPSA) is 112 Å². The zero-order chi connectivity index (χ0) is 24.3. The number of hydrogen-bond acceptors (Lipinski definition) is 7. The molecule has 0 aliphatic rings. The first-order valence-electron chi connectivity index (χ1n) is 10.8. The number of aromatic amines is 1. The number of aromatic nitrogens is 3. The van der Waals surface area contributed by atoms with E-state index in [2.05, 4.69) is 31.1 Å². The number of fused-ring (bicyclic) bond motifs is 1. The largest absolute Gasteiger partial charge is 0.439 e. The van der Waals surface area contributed by atoms with Crippen molar-refractivity contribution < 1.29 is 13.2 Å². The van der Waals surface area contributed by atoms with Crippen molar-refractivity contribution in [1.29, 1.82) is 0 Å². The van der Waals surface area contributed by atoms with Gasteiger partial charge in [-0.2, -0.15) is 9.71 Å². The van der Waals surface area contributed by atoms with E-state index in [0.717, 1.165) is 16.6 Å². The van der Waals surface area contributed by atoms with Crippen molar-refractivity contribution in [2.45, 2.75) is 25.8 Å². The van der Waals surface area contributed by atoms with Gasteiger partial charge in [0.15, 0.2) is 0 Å². The van der Waals surface area contributed by atoms with Gasteiger partial charge in [0, 0.05) is 34.5 Å². The third-order valence-corrected chi connectivity index (χ3v) is 6.66. The second-order valence-corrected chi connectivity index (χ2v) is 10.1. The third kappa shape index (κ3) is 6.10. The average Bonchev–Trinajstić information content (AvgIpc) is 3.13. The summed E-state index contributed by atoms with van der Waals surface area (Å²) >= 11 is 0. The number of rotatable bonds is 9. The highest BCUT2D eigenvalue weighted by Gasteiger charge is 2.17. The number of sulfonamides is 1. The highest BCUT2D eigenvalue weighted by Crippen LogP contribution is 2.26. The van der Waals surface area contributed by atoms with E-state index < -0.39 is 10.0 Å². The van der Waals surface area contributed by atoms with E-state index in [1.54, 1.807) is 42.3 Å². The van der Waals surface area contributed by atoms with E-state index in [0.29, 0.717) is 28.8 Å². The zero-order valence-corrected chi connectivity index (χ0v) is 20.3. The van der Waals surface area contributed by atoms with Crippen LogP contribution in [0.25, 0.3) is 10.9 Å². The fraction of sp³-hybridized carbons (Fsp3) is 0.250. The van der Waals surface area contributed by atoms with Crippen molar-refractivity contribution in [3.8, 4) is 11.6 Å². The van der Waals surface area contributed by atoms with Gasteiger partial charge >= 0.3 is 0 Å². The first-order chi connectivity index (χ1) is 16.2. The van der Waals surface area contributed by atoms with E-state index >= 15 is 0 Å². The second-order valence-electron chi connectivity index (χ2n) is 8.36.